The number of benzene rings is 2. The normalized spacial score (nSPS) is 11.3. The standard InChI is InChI=1S/C19H21N3O3S/c1-2-3-13-25-16-11-9-15(10-12-16)18-14-20-21-19(18)22-26(23,24)17-7-5-4-6-8-17/h4-12,14H,2-3,13H2,1H3,(H2,20,21,22). The number of anilines is 1. The highest BCUT2D eigenvalue weighted by molar-refractivity contribution is 7.92. The summed E-state index contributed by atoms with van der Waals surface area (Å²) in [6.07, 6.45) is 3.68. The third-order valence-corrected chi connectivity index (χ3v) is 5.23. The van der Waals surface area contributed by atoms with Gasteiger partial charge in [0.25, 0.3) is 10.0 Å². The van der Waals surface area contributed by atoms with E-state index in [1.807, 2.05) is 24.3 Å². The molecule has 2 aromatic carbocycles. The number of ether oxygens (including phenoxy) is 1. The number of rotatable bonds is 8. The van der Waals surface area contributed by atoms with E-state index in [9.17, 15) is 8.42 Å². The molecular weight excluding hydrogens is 350 g/mol. The summed E-state index contributed by atoms with van der Waals surface area (Å²) in [4.78, 5) is 0.195. The predicted molar refractivity (Wildman–Crippen MR) is 102 cm³/mol. The number of hydrogen-bond acceptors (Lipinski definition) is 4. The van der Waals surface area contributed by atoms with Crippen molar-refractivity contribution in [3.63, 3.8) is 0 Å². The average Bonchev–Trinajstić information content (AvgIpc) is 3.11. The smallest absolute Gasteiger partial charge is 0.263 e. The SMILES string of the molecule is CCCCOc1ccc(-c2cn[nH]c2NS(=O)(=O)c2ccccc2)cc1. The van der Waals surface area contributed by atoms with Crippen LogP contribution >= 0.6 is 0 Å². The first-order valence-electron chi connectivity index (χ1n) is 8.44. The maximum atomic E-state index is 12.5. The van der Waals surface area contributed by atoms with Gasteiger partial charge in [-0.1, -0.05) is 43.7 Å². The molecule has 0 aliphatic heterocycles. The van der Waals surface area contributed by atoms with Gasteiger partial charge in [-0.25, -0.2) is 8.42 Å². The van der Waals surface area contributed by atoms with Gasteiger partial charge in [0.2, 0.25) is 0 Å². The molecule has 0 unspecified atom stereocenters. The Kier molecular flexibility index (Phi) is 5.58. The van der Waals surface area contributed by atoms with Crippen LogP contribution in [-0.2, 0) is 10.0 Å². The van der Waals surface area contributed by atoms with Gasteiger partial charge in [-0.05, 0) is 36.2 Å². The summed E-state index contributed by atoms with van der Waals surface area (Å²) < 4.78 is 33.2. The van der Waals surface area contributed by atoms with E-state index in [-0.39, 0.29) is 4.90 Å². The molecule has 1 heterocycles. The van der Waals surface area contributed by atoms with E-state index in [0.717, 1.165) is 24.2 Å². The number of nitrogens with zero attached hydrogens (tertiary/aromatic N) is 1. The number of H-pyrrole nitrogens is 1. The molecule has 0 saturated heterocycles. The van der Waals surface area contributed by atoms with Crippen LogP contribution in [0.2, 0.25) is 0 Å². The zero-order chi connectivity index (χ0) is 18.4. The highest BCUT2D eigenvalue weighted by Gasteiger charge is 2.17. The molecule has 6 nitrogen and oxygen atoms in total. The molecule has 0 aliphatic rings. The topological polar surface area (TPSA) is 84.1 Å². The van der Waals surface area contributed by atoms with Crippen LogP contribution in [0.15, 0.2) is 65.7 Å². The molecular formula is C19H21N3O3S. The van der Waals surface area contributed by atoms with Gasteiger partial charge < -0.3 is 4.74 Å². The summed E-state index contributed by atoms with van der Waals surface area (Å²) in [5, 5.41) is 6.69. The summed E-state index contributed by atoms with van der Waals surface area (Å²) in [5.74, 6) is 1.12. The molecule has 0 radical (unpaired) electrons. The molecule has 0 spiro atoms. The Balaban J connectivity index is 1.78. The van der Waals surface area contributed by atoms with Crippen molar-refractivity contribution in [3.8, 4) is 16.9 Å². The van der Waals surface area contributed by atoms with E-state index < -0.39 is 10.0 Å². The lowest BCUT2D eigenvalue weighted by molar-refractivity contribution is 0.309. The molecule has 3 rings (SSSR count). The first kappa shape index (κ1) is 18.0. The van der Waals surface area contributed by atoms with E-state index in [4.69, 9.17) is 4.74 Å². The fourth-order valence-corrected chi connectivity index (χ4v) is 3.50. The molecule has 3 aromatic rings. The molecule has 0 atom stereocenters. The molecule has 1 aromatic heterocycles. The van der Waals surface area contributed by atoms with Crippen LogP contribution in [0, 0.1) is 0 Å². The molecule has 0 aliphatic carbocycles. The molecule has 136 valence electrons. The van der Waals surface area contributed by atoms with E-state index in [1.54, 1.807) is 36.5 Å². The van der Waals surface area contributed by atoms with Crippen LogP contribution < -0.4 is 9.46 Å². The van der Waals surface area contributed by atoms with Crippen molar-refractivity contribution in [2.45, 2.75) is 24.7 Å². The van der Waals surface area contributed by atoms with Gasteiger partial charge in [0.05, 0.1) is 17.7 Å². The van der Waals surface area contributed by atoms with Crippen molar-refractivity contribution in [2.75, 3.05) is 11.3 Å². The Morgan fingerprint density at radius 1 is 1.08 bits per heavy atom. The number of sulfonamides is 1. The zero-order valence-electron chi connectivity index (χ0n) is 14.5. The number of hydrogen-bond donors (Lipinski definition) is 2. The first-order valence-corrected chi connectivity index (χ1v) is 9.93. The van der Waals surface area contributed by atoms with E-state index >= 15 is 0 Å². The highest BCUT2D eigenvalue weighted by atomic mass is 32.2. The Morgan fingerprint density at radius 3 is 2.50 bits per heavy atom. The summed E-state index contributed by atoms with van der Waals surface area (Å²) >= 11 is 0. The minimum Gasteiger partial charge on any atom is -0.494 e. The second-order valence-corrected chi connectivity index (χ2v) is 7.49. The zero-order valence-corrected chi connectivity index (χ0v) is 15.3. The average molecular weight is 371 g/mol. The maximum absolute atomic E-state index is 12.5. The van der Waals surface area contributed by atoms with Crippen molar-refractivity contribution < 1.29 is 13.2 Å². The molecule has 7 heteroatoms. The largest absolute Gasteiger partial charge is 0.494 e. The number of unbranched alkanes of at least 4 members (excludes halogenated alkanes) is 1. The summed E-state index contributed by atoms with van der Waals surface area (Å²) in [6, 6.07) is 15.7. The van der Waals surface area contributed by atoms with Gasteiger partial charge in [-0.2, -0.15) is 5.10 Å². The van der Waals surface area contributed by atoms with Crippen LogP contribution in [0.4, 0.5) is 5.82 Å². The van der Waals surface area contributed by atoms with Gasteiger partial charge >= 0.3 is 0 Å². The van der Waals surface area contributed by atoms with E-state index in [0.29, 0.717) is 18.0 Å². The lowest BCUT2D eigenvalue weighted by atomic mass is 10.1. The number of aromatic nitrogens is 2. The fraction of sp³-hybridized carbons (Fsp3) is 0.211. The van der Waals surface area contributed by atoms with E-state index in [1.165, 1.54) is 0 Å². The second kappa shape index (κ2) is 8.05. The first-order chi connectivity index (χ1) is 12.6. The number of nitrogens with one attached hydrogen (secondary N) is 2. The molecule has 0 fully saturated rings. The van der Waals surface area contributed by atoms with Crippen LogP contribution in [0.5, 0.6) is 5.75 Å². The number of aromatic amines is 1. The second-order valence-electron chi connectivity index (χ2n) is 5.80. The fourth-order valence-electron chi connectivity index (χ4n) is 2.44. The van der Waals surface area contributed by atoms with E-state index in [2.05, 4.69) is 21.8 Å². The summed E-state index contributed by atoms with van der Waals surface area (Å²) in [6.45, 7) is 2.80. The van der Waals surface area contributed by atoms with Crippen molar-refractivity contribution >= 4 is 15.8 Å². The lowest BCUT2D eigenvalue weighted by Crippen LogP contribution is -2.13. The molecule has 0 amide bonds. The third-order valence-electron chi connectivity index (χ3n) is 3.86. The van der Waals surface area contributed by atoms with Crippen LogP contribution in [-0.4, -0.2) is 25.2 Å². The minimum atomic E-state index is -3.68. The Bertz CT molecular complexity index is 936. The monoisotopic (exact) mass is 371 g/mol. The van der Waals surface area contributed by atoms with Crippen molar-refractivity contribution in [1.29, 1.82) is 0 Å². The Hall–Kier alpha value is -2.80. The quantitative estimate of drug-likeness (QED) is 0.585. The third kappa shape index (κ3) is 4.23. The van der Waals surface area contributed by atoms with Crippen LogP contribution in [0.1, 0.15) is 19.8 Å². The molecule has 0 bridgehead atoms. The highest BCUT2D eigenvalue weighted by Crippen LogP contribution is 2.29. The van der Waals surface area contributed by atoms with Gasteiger partial charge in [0.15, 0.2) is 0 Å². The summed E-state index contributed by atoms with van der Waals surface area (Å²) in [5.41, 5.74) is 1.51. The lowest BCUT2D eigenvalue weighted by Gasteiger charge is -2.09. The molecule has 2 N–H and O–H groups in total. The van der Waals surface area contributed by atoms with Crippen LogP contribution in [0.25, 0.3) is 11.1 Å². The molecule has 26 heavy (non-hydrogen) atoms. The van der Waals surface area contributed by atoms with Gasteiger partial charge in [-0.3, -0.25) is 9.82 Å². The van der Waals surface area contributed by atoms with Gasteiger partial charge in [-0.15, -0.1) is 0 Å². The van der Waals surface area contributed by atoms with Crippen molar-refractivity contribution in [3.05, 3.63) is 60.8 Å². The molecule has 0 saturated carbocycles. The van der Waals surface area contributed by atoms with Gasteiger partial charge in [0.1, 0.15) is 11.6 Å². The minimum absolute atomic E-state index is 0.195. The predicted octanol–water partition coefficient (Wildman–Crippen LogP) is 4.06. The summed E-state index contributed by atoms with van der Waals surface area (Å²) in [7, 11) is -3.68. The van der Waals surface area contributed by atoms with Crippen molar-refractivity contribution in [2.24, 2.45) is 0 Å². The maximum Gasteiger partial charge on any atom is 0.263 e. The van der Waals surface area contributed by atoms with Crippen molar-refractivity contribution in [1.82, 2.24) is 10.2 Å². The Morgan fingerprint density at radius 2 is 1.81 bits per heavy atom. The van der Waals surface area contributed by atoms with Gasteiger partial charge in [0, 0.05) is 5.56 Å². The Labute approximate surface area is 153 Å². The van der Waals surface area contributed by atoms with Crippen LogP contribution in [0.3, 0.4) is 0 Å².